The number of nitrogens with zero attached hydrogens (tertiary/aromatic N) is 2. The van der Waals surface area contributed by atoms with Crippen molar-refractivity contribution < 1.29 is 14.3 Å². The van der Waals surface area contributed by atoms with Gasteiger partial charge >= 0.3 is 0 Å². The molecule has 2 aromatic rings. The van der Waals surface area contributed by atoms with Gasteiger partial charge in [0.1, 0.15) is 11.9 Å². The second-order valence-corrected chi connectivity index (χ2v) is 7.39. The molecular formula is C24H32N4O3. The zero-order valence-electron chi connectivity index (χ0n) is 18.6. The molecular weight excluding hydrogens is 392 g/mol. The molecule has 1 atom stereocenters. The molecule has 1 heterocycles. The van der Waals surface area contributed by atoms with Gasteiger partial charge in [-0.25, -0.2) is 0 Å². The quantitative estimate of drug-likeness (QED) is 0.406. The highest BCUT2D eigenvalue weighted by atomic mass is 16.5. The van der Waals surface area contributed by atoms with E-state index in [0.29, 0.717) is 31.0 Å². The molecule has 1 saturated heterocycles. The second kappa shape index (κ2) is 11.4. The Kier molecular flexibility index (Phi) is 8.29. The molecule has 0 spiro atoms. The third-order valence-electron chi connectivity index (χ3n) is 5.23. The highest BCUT2D eigenvalue weighted by Crippen LogP contribution is 2.25. The van der Waals surface area contributed by atoms with Crippen LogP contribution in [0.1, 0.15) is 34.5 Å². The van der Waals surface area contributed by atoms with Crippen molar-refractivity contribution in [1.82, 2.24) is 15.5 Å². The van der Waals surface area contributed by atoms with Crippen LogP contribution in [-0.4, -0.2) is 63.2 Å². The van der Waals surface area contributed by atoms with Gasteiger partial charge in [-0.05, 0) is 43.2 Å². The van der Waals surface area contributed by atoms with Crippen LogP contribution in [0.5, 0.6) is 5.75 Å². The summed E-state index contributed by atoms with van der Waals surface area (Å²) in [5, 5.41) is 6.29. The topological polar surface area (TPSA) is 75.2 Å². The van der Waals surface area contributed by atoms with E-state index in [9.17, 15) is 4.79 Å². The van der Waals surface area contributed by atoms with Crippen molar-refractivity contribution in [3.63, 3.8) is 0 Å². The SMILES string of the molecule is CCNC(=NCCNC(=O)c1cccc(OC)c1)N1CCOC(c2ccccc2C)C1. The summed E-state index contributed by atoms with van der Waals surface area (Å²) in [6.07, 6.45) is 0.0200. The molecule has 1 fully saturated rings. The lowest BCUT2D eigenvalue weighted by atomic mass is 10.0. The van der Waals surface area contributed by atoms with Gasteiger partial charge in [0.15, 0.2) is 5.96 Å². The van der Waals surface area contributed by atoms with Crippen LogP contribution in [0.2, 0.25) is 0 Å². The molecule has 1 aliphatic rings. The molecule has 7 heteroatoms. The summed E-state index contributed by atoms with van der Waals surface area (Å²) in [5.41, 5.74) is 3.02. The number of aryl methyl sites for hydroxylation is 1. The molecule has 166 valence electrons. The lowest BCUT2D eigenvalue weighted by Gasteiger charge is -2.35. The van der Waals surface area contributed by atoms with Gasteiger partial charge in [0.2, 0.25) is 0 Å². The van der Waals surface area contributed by atoms with Gasteiger partial charge in [-0.15, -0.1) is 0 Å². The molecule has 0 aliphatic carbocycles. The summed E-state index contributed by atoms with van der Waals surface area (Å²) in [5.74, 6) is 1.38. The van der Waals surface area contributed by atoms with E-state index in [2.05, 4.69) is 47.6 Å². The number of methoxy groups -OCH3 is 1. The molecule has 0 radical (unpaired) electrons. The van der Waals surface area contributed by atoms with Crippen molar-refractivity contribution in [3.05, 3.63) is 65.2 Å². The van der Waals surface area contributed by atoms with Gasteiger partial charge in [0, 0.05) is 25.2 Å². The smallest absolute Gasteiger partial charge is 0.251 e. The Balaban J connectivity index is 1.58. The van der Waals surface area contributed by atoms with Crippen LogP contribution in [-0.2, 0) is 4.74 Å². The maximum atomic E-state index is 12.4. The monoisotopic (exact) mass is 424 g/mol. The number of nitrogens with one attached hydrogen (secondary N) is 2. The second-order valence-electron chi connectivity index (χ2n) is 7.39. The van der Waals surface area contributed by atoms with Gasteiger partial charge in [0.05, 0.1) is 26.8 Å². The first kappa shape index (κ1) is 22.6. The van der Waals surface area contributed by atoms with Crippen LogP contribution in [0.15, 0.2) is 53.5 Å². The molecule has 2 N–H and O–H groups in total. The number of hydrogen-bond donors (Lipinski definition) is 2. The highest BCUT2D eigenvalue weighted by Gasteiger charge is 2.25. The number of ether oxygens (including phenoxy) is 2. The number of rotatable bonds is 7. The normalized spacial score (nSPS) is 16.7. The molecule has 1 unspecified atom stereocenters. The lowest BCUT2D eigenvalue weighted by Crippen LogP contribution is -2.48. The Hall–Kier alpha value is -3.06. The predicted octanol–water partition coefficient (Wildman–Crippen LogP) is 2.77. The van der Waals surface area contributed by atoms with E-state index in [4.69, 9.17) is 14.5 Å². The van der Waals surface area contributed by atoms with Crippen molar-refractivity contribution in [2.45, 2.75) is 20.0 Å². The van der Waals surface area contributed by atoms with E-state index in [1.54, 1.807) is 25.3 Å². The number of aliphatic imine (C=N–C) groups is 1. The zero-order valence-corrected chi connectivity index (χ0v) is 18.6. The highest BCUT2D eigenvalue weighted by molar-refractivity contribution is 5.94. The average molecular weight is 425 g/mol. The molecule has 1 aliphatic heterocycles. The first-order valence-corrected chi connectivity index (χ1v) is 10.7. The van der Waals surface area contributed by atoms with Gasteiger partial charge in [0.25, 0.3) is 5.91 Å². The van der Waals surface area contributed by atoms with E-state index in [1.165, 1.54) is 11.1 Å². The zero-order chi connectivity index (χ0) is 22.1. The van der Waals surface area contributed by atoms with E-state index < -0.39 is 0 Å². The van der Waals surface area contributed by atoms with Gasteiger partial charge in [-0.1, -0.05) is 30.3 Å². The lowest BCUT2D eigenvalue weighted by molar-refractivity contribution is -0.00832. The average Bonchev–Trinajstić information content (AvgIpc) is 2.81. The minimum Gasteiger partial charge on any atom is -0.497 e. The molecule has 3 rings (SSSR count). The number of guanidine groups is 1. The number of carbonyl (C=O) groups excluding carboxylic acids is 1. The molecule has 2 aromatic carbocycles. The van der Waals surface area contributed by atoms with E-state index in [-0.39, 0.29) is 12.0 Å². The minimum absolute atomic E-state index is 0.0200. The number of hydrogen-bond acceptors (Lipinski definition) is 4. The van der Waals surface area contributed by atoms with E-state index >= 15 is 0 Å². The van der Waals surface area contributed by atoms with Crippen molar-refractivity contribution in [2.24, 2.45) is 4.99 Å². The summed E-state index contributed by atoms with van der Waals surface area (Å²) < 4.78 is 11.2. The molecule has 7 nitrogen and oxygen atoms in total. The maximum absolute atomic E-state index is 12.4. The third kappa shape index (κ3) is 6.21. The van der Waals surface area contributed by atoms with Crippen LogP contribution in [0.25, 0.3) is 0 Å². The molecule has 1 amide bonds. The van der Waals surface area contributed by atoms with Crippen molar-refractivity contribution in [2.75, 3.05) is 46.4 Å². The molecule has 31 heavy (non-hydrogen) atoms. The van der Waals surface area contributed by atoms with Crippen LogP contribution in [0.4, 0.5) is 0 Å². The van der Waals surface area contributed by atoms with Gasteiger partial charge < -0.3 is 25.0 Å². The summed E-state index contributed by atoms with van der Waals surface area (Å²) in [4.78, 5) is 19.3. The largest absolute Gasteiger partial charge is 0.497 e. The number of benzene rings is 2. The molecule has 0 bridgehead atoms. The Morgan fingerprint density at radius 3 is 2.84 bits per heavy atom. The predicted molar refractivity (Wildman–Crippen MR) is 123 cm³/mol. The van der Waals surface area contributed by atoms with Crippen LogP contribution < -0.4 is 15.4 Å². The van der Waals surface area contributed by atoms with Crippen molar-refractivity contribution in [1.29, 1.82) is 0 Å². The Morgan fingerprint density at radius 1 is 1.23 bits per heavy atom. The number of amides is 1. The third-order valence-corrected chi connectivity index (χ3v) is 5.23. The molecule has 0 saturated carbocycles. The number of morpholine rings is 1. The summed E-state index contributed by atoms with van der Waals surface area (Å²) in [6, 6.07) is 15.4. The van der Waals surface area contributed by atoms with Crippen LogP contribution in [0, 0.1) is 6.92 Å². The van der Waals surface area contributed by atoms with Crippen LogP contribution in [0.3, 0.4) is 0 Å². The van der Waals surface area contributed by atoms with Crippen molar-refractivity contribution >= 4 is 11.9 Å². The molecule has 0 aromatic heterocycles. The first-order valence-electron chi connectivity index (χ1n) is 10.7. The standard InChI is InChI=1S/C24H32N4O3/c1-4-25-24(27-13-12-26-23(29)19-9-7-10-20(16-19)30-3)28-14-15-31-22(17-28)21-11-6-5-8-18(21)2/h5-11,16,22H,4,12-15,17H2,1-3H3,(H,25,27)(H,26,29). The Labute approximate surface area is 184 Å². The fourth-order valence-corrected chi connectivity index (χ4v) is 3.60. The maximum Gasteiger partial charge on any atom is 0.251 e. The Bertz CT molecular complexity index is 900. The van der Waals surface area contributed by atoms with Crippen LogP contribution >= 0.6 is 0 Å². The fourth-order valence-electron chi connectivity index (χ4n) is 3.60. The van der Waals surface area contributed by atoms with E-state index in [0.717, 1.165) is 25.6 Å². The van der Waals surface area contributed by atoms with E-state index in [1.807, 2.05) is 12.1 Å². The van der Waals surface area contributed by atoms with Crippen molar-refractivity contribution in [3.8, 4) is 5.75 Å². The summed E-state index contributed by atoms with van der Waals surface area (Å²) >= 11 is 0. The fraction of sp³-hybridized carbons (Fsp3) is 0.417. The minimum atomic E-state index is -0.134. The Morgan fingerprint density at radius 2 is 2.06 bits per heavy atom. The van der Waals surface area contributed by atoms with Gasteiger partial charge in [-0.2, -0.15) is 0 Å². The number of carbonyl (C=O) groups is 1. The van der Waals surface area contributed by atoms with Gasteiger partial charge in [-0.3, -0.25) is 9.79 Å². The summed E-state index contributed by atoms with van der Waals surface area (Å²) in [6.45, 7) is 8.07. The first-order chi connectivity index (χ1) is 15.1. The summed E-state index contributed by atoms with van der Waals surface area (Å²) in [7, 11) is 1.59.